The predicted molar refractivity (Wildman–Crippen MR) is 80.4 cm³/mol. The fraction of sp³-hybridized carbons (Fsp3) is 0.875. The lowest BCUT2D eigenvalue weighted by atomic mass is 9.94. The number of hydrogen-bond acceptors (Lipinski definition) is 4. The molecule has 0 saturated heterocycles. The maximum absolute atomic E-state index is 5.68. The van der Waals surface area contributed by atoms with Gasteiger partial charge in [-0.2, -0.15) is 4.98 Å². The molecule has 2 N–H and O–H groups in total. The van der Waals surface area contributed by atoms with Crippen LogP contribution in [-0.4, -0.2) is 16.7 Å². The Balaban J connectivity index is 1.82. The molecular weight excluding hydrogens is 250 g/mol. The van der Waals surface area contributed by atoms with Gasteiger partial charge in [0, 0.05) is 12.3 Å². The summed E-state index contributed by atoms with van der Waals surface area (Å²) in [6.45, 7) is 5.32. The molecule has 2 rings (SSSR count). The maximum atomic E-state index is 5.68. The third kappa shape index (κ3) is 4.30. The normalized spacial score (nSPS) is 24.1. The maximum Gasteiger partial charge on any atom is 0.226 e. The summed E-state index contributed by atoms with van der Waals surface area (Å²) >= 11 is 0. The zero-order valence-corrected chi connectivity index (χ0v) is 13.0. The van der Waals surface area contributed by atoms with E-state index in [4.69, 9.17) is 10.3 Å². The summed E-state index contributed by atoms with van der Waals surface area (Å²) < 4.78 is 5.43. The highest BCUT2D eigenvalue weighted by atomic mass is 16.5. The molecule has 1 fully saturated rings. The van der Waals surface area contributed by atoms with Crippen LogP contribution in [0.4, 0.5) is 0 Å². The minimum Gasteiger partial charge on any atom is -0.339 e. The summed E-state index contributed by atoms with van der Waals surface area (Å²) in [5.41, 5.74) is 5.68. The van der Waals surface area contributed by atoms with E-state index in [0.717, 1.165) is 43.4 Å². The average Bonchev–Trinajstić information content (AvgIpc) is 3.05. The molecule has 0 aromatic carbocycles. The summed E-state index contributed by atoms with van der Waals surface area (Å²) in [6, 6.07) is 0. The number of aromatic nitrogens is 2. The van der Waals surface area contributed by atoms with Crippen molar-refractivity contribution in [3.05, 3.63) is 11.7 Å². The molecular formula is C16H29N3O. The Morgan fingerprint density at radius 1 is 1.30 bits per heavy atom. The third-order valence-corrected chi connectivity index (χ3v) is 4.58. The molecule has 0 bridgehead atoms. The summed E-state index contributed by atoms with van der Waals surface area (Å²) in [5.74, 6) is 3.79. The molecule has 3 unspecified atom stereocenters. The fourth-order valence-corrected chi connectivity index (χ4v) is 3.38. The van der Waals surface area contributed by atoms with Gasteiger partial charge in [-0.15, -0.1) is 0 Å². The highest BCUT2D eigenvalue weighted by Gasteiger charge is 2.26. The lowest BCUT2D eigenvalue weighted by Gasteiger charge is -2.13. The van der Waals surface area contributed by atoms with Gasteiger partial charge >= 0.3 is 0 Å². The van der Waals surface area contributed by atoms with Crippen LogP contribution in [-0.2, 0) is 6.42 Å². The fourth-order valence-electron chi connectivity index (χ4n) is 3.38. The lowest BCUT2D eigenvalue weighted by Crippen LogP contribution is -2.09. The molecule has 1 heterocycles. The molecule has 0 radical (unpaired) electrons. The van der Waals surface area contributed by atoms with Crippen molar-refractivity contribution < 1.29 is 4.52 Å². The van der Waals surface area contributed by atoms with Crippen LogP contribution in [0.1, 0.15) is 76.4 Å². The van der Waals surface area contributed by atoms with Crippen molar-refractivity contribution in [2.24, 2.45) is 17.6 Å². The molecule has 1 aromatic rings. The highest BCUT2D eigenvalue weighted by Crippen LogP contribution is 2.36. The molecule has 0 amide bonds. The Bertz CT molecular complexity index is 385. The summed E-state index contributed by atoms with van der Waals surface area (Å²) in [5, 5.41) is 4.19. The first-order chi connectivity index (χ1) is 9.72. The van der Waals surface area contributed by atoms with Crippen LogP contribution in [0.15, 0.2) is 4.52 Å². The zero-order chi connectivity index (χ0) is 14.4. The summed E-state index contributed by atoms with van der Waals surface area (Å²) in [4.78, 5) is 4.61. The molecule has 4 nitrogen and oxygen atoms in total. The van der Waals surface area contributed by atoms with E-state index in [1.54, 1.807) is 0 Å². The molecule has 3 atom stereocenters. The van der Waals surface area contributed by atoms with Gasteiger partial charge in [0.2, 0.25) is 5.89 Å². The molecule has 0 spiro atoms. The topological polar surface area (TPSA) is 64.9 Å². The molecule has 1 aliphatic carbocycles. The van der Waals surface area contributed by atoms with Crippen molar-refractivity contribution in [2.75, 3.05) is 6.54 Å². The van der Waals surface area contributed by atoms with Gasteiger partial charge in [-0.1, -0.05) is 31.8 Å². The first-order valence-corrected chi connectivity index (χ1v) is 8.25. The van der Waals surface area contributed by atoms with Crippen LogP contribution in [0.2, 0.25) is 0 Å². The smallest absolute Gasteiger partial charge is 0.226 e. The monoisotopic (exact) mass is 279 g/mol. The van der Waals surface area contributed by atoms with E-state index in [-0.39, 0.29) is 0 Å². The van der Waals surface area contributed by atoms with Gasteiger partial charge in [-0.25, -0.2) is 0 Å². The first kappa shape index (κ1) is 15.5. The number of aryl methyl sites for hydroxylation is 1. The number of nitrogens with two attached hydrogens (primary N) is 1. The average molecular weight is 279 g/mol. The predicted octanol–water partition coefficient (Wildman–Crippen LogP) is 3.67. The Hall–Kier alpha value is -0.900. The van der Waals surface area contributed by atoms with E-state index >= 15 is 0 Å². The number of hydrogen-bond donors (Lipinski definition) is 1. The van der Waals surface area contributed by atoms with Crippen molar-refractivity contribution in [3.63, 3.8) is 0 Å². The zero-order valence-electron chi connectivity index (χ0n) is 13.0. The van der Waals surface area contributed by atoms with E-state index in [9.17, 15) is 0 Å². The molecule has 0 aliphatic heterocycles. The Labute approximate surface area is 122 Å². The summed E-state index contributed by atoms with van der Waals surface area (Å²) in [7, 11) is 0. The van der Waals surface area contributed by atoms with Crippen LogP contribution < -0.4 is 5.73 Å². The van der Waals surface area contributed by atoms with E-state index in [0.29, 0.717) is 11.8 Å². The third-order valence-electron chi connectivity index (χ3n) is 4.58. The van der Waals surface area contributed by atoms with Gasteiger partial charge in [0.05, 0.1) is 0 Å². The van der Waals surface area contributed by atoms with Gasteiger partial charge in [-0.3, -0.25) is 0 Å². The van der Waals surface area contributed by atoms with Crippen LogP contribution >= 0.6 is 0 Å². The summed E-state index contributed by atoms with van der Waals surface area (Å²) in [6.07, 6.45) is 9.32. The molecule has 1 aliphatic rings. The van der Waals surface area contributed by atoms with Crippen LogP contribution in [0.5, 0.6) is 0 Å². The van der Waals surface area contributed by atoms with Crippen molar-refractivity contribution in [3.8, 4) is 0 Å². The molecule has 1 saturated carbocycles. The van der Waals surface area contributed by atoms with Gasteiger partial charge < -0.3 is 10.3 Å². The lowest BCUT2D eigenvalue weighted by molar-refractivity contribution is 0.344. The molecule has 4 heteroatoms. The molecule has 114 valence electrons. The minimum absolute atomic E-state index is 0.526. The van der Waals surface area contributed by atoms with Gasteiger partial charge in [0.25, 0.3) is 0 Å². The van der Waals surface area contributed by atoms with Gasteiger partial charge in [-0.05, 0) is 50.5 Å². The van der Waals surface area contributed by atoms with Gasteiger partial charge in [0.15, 0.2) is 5.82 Å². The quantitative estimate of drug-likeness (QED) is 0.788. The van der Waals surface area contributed by atoms with Crippen molar-refractivity contribution in [2.45, 2.75) is 71.1 Å². The number of rotatable bonds is 8. The Morgan fingerprint density at radius 2 is 2.15 bits per heavy atom. The van der Waals surface area contributed by atoms with E-state index in [1.165, 1.54) is 32.1 Å². The van der Waals surface area contributed by atoms with E-state index in [1.807, 2.05) is 0 Å². The van der Waals surface area contributed by atoms with Crippen molar-refractivity contribution in [1.82, 2.24) is 10.1 Å². The molecule has 20 heavy (non-hydrogen) atoms. The standard InChI is InChI=1S/C16H29N3O/c1-3-4-13(9-10-17)6-8-15-18-16(19-20-15)14-7-5-12(2)11-14/h12-14H,3-11,17H2,1-2H3. The molecule has 1 aromatic heterocycles. The van der Waals surface area contributed by atoms with Crippen molar-refractivity contribution in [1.29, 1.82) is 0 Å². The Kier molecular flexibility index (Phi) is 6.02. The van der Waals surface area contributed by atoms with Crippen LogP contribution in [0, 0.1) is 11.8 Å². The SMILES string of the molecule is CCCC(CCN)CCc1nc(C2CCC(C)C2)no1. The minimum atomic E-state index is 0.526. The van der Waals surface area contributed by atoms with Crippen molar-refractivity contribution >= 4 is 0 Å². The second-order valence-corrected chi connectivity index (χ2v) is 6.43. The second kappa shape index (κ2) is 7.77. The van der Waals surface area contributed by atoms with Gasteiger partial charge in [0.1, 0.15) is 0 Å². The first-order valence-electron chi connectivity index (χ1n) is 8.25. The largest absolute Gasteiger partial charge is 0.339 e. The second-order valence-electron chi connectivity index (χ2n) is 6.43. The number of nitrogens with zero attached hydrogens (tertiary/aromatic N) is 2. The Morgan fingerprint density at radius 3 is 2.80 bits per heavy atom. The van der Waals surface area contributed by atoms with Crippen LogP contribution in [0.25, 0.3) is 0 Å². The highest BCUT2D eigenvalue weighted by molar-refractivity contribution is 4.99. The van der Waals surface area contributed by atoms with E-state index < -0.39 is 0 Å². The van der Waals surface area contributed by atoms with E-state index in [2.05, 4.69) is 24.0 Å². The van der Waals surface area contributed by atoms with Crippen LogP contribution in [0.3, 0.4) is 0 Å².